The van der Waals surface area contributed by atoms with Crippen LogP contribution in [0.2, 0.25) is 0 Å². The van der Waals surface area contributed by atoms with Crippen LogP contribution in [0, 0.1) is 62.6 Å². The van der Waals surface area contributed by atoms with E-state index < -0.39 is 57.1 Å². The van der Waals surface area contributed by atoms with Gasteiger partial charge in [0.05, 0.1) is 10.8 Å². The SMILES string of the molecule is C=CC1=CC=C(C2(c3cc(C)ccc3C)c3ccccc3-c3ccc(N(c4ccc(N(c5ccc6c(c5)C(c5ccc(C=C)cc5)(c5cc(C)ccc5C)c5ccccc5-6)c5c(F)cc(F)cc5F)cc4)c4c(F)cc(F)cc4F)cc32)CC1. The maximum absolute atomic E-state index is 16.8. The van der Waals surface area contributed by atoms with Crippen LogP contribution in [-0.4, -0.2) is 0 Å². The topological polar surface area (TPSA) is 6.48 Å². The Labute approximate surface area is 486 Å². The third kappa shape index (κ3) is 8.32. The maximum Gasteiger partial charge on any atom is 0.153 e. The molecule has 10 aromatic rings. The lowest BCUT2D eigenvalue weighted by atomic mass is 9.63. The Balaban J connectivity index is 1.03. The summed E-state index contributed by atoms with van der Waals surface area (Å²) in [6.07, 6.45) is 9.41. The molecule has 2 unspecified atom stereocenters. The monoisotopic (exact) mass is 1110 g/mol. The zero-order valence-electron chi connectivity index (χ0n) is 46.8. The summed E-state index contributed by atoms with van der Waals surface area (Å²) >= 11 is 0. The molecule has 0 amide bonds. The minimum Gasteiger partial charge on any atom is -0.305 e. The molecule has 3 aliphatic rings. The zero-order chi connectivity index (χ0) is 58.3. The number of fused-ring (bicyclic) bond motifs is 6. The first-order valence-electron chi connectivity index (χ1n) is 28.0. The van der Waals surface area contributed by atoms with Gasteiger partial charge in [0.25, 0.3) is 0 Å². The van der Waals surface area contributed by atoms with Crippen LogP contribution in [0.5, 0.6) is 0 Å². The molecule has 10 aromatic carbocycles. The molecular weight excluding hydrogens is 1050 g/mol. The van der Waals surface area contributed by atoms with E-state index in [2.05, 4.69) is 126 Å². The van der Waals surface area contributed by atoms with Gasteiger partial charge in [0.2, 0.25) is 0 Å². The highest BCUT2D eigenvalue weighted by Gasteiger charge is 2.50. The largest absolute Gasteiger partial charge is 0.305 e. The van der Waals surface area contributed by atoms with Crippen molar-refractivity contribution >= 4 is 40.2 Å². The minimum absolute atomic E-state index is 0.237. The van der Waals surface area contributed by atoms with E-state index in [-0.39, 0.29) is 11.4 Å². The predicted octanol–water partition coefficient (Wildman–Crippen LogP) is 20.8. The van der Waals surface area contributed by atoms with E-state index in [0.717, 1.165) is 107 Å². The zero-order valence-corrected chi connectivity index (χ0v) is 46.8. The first-order valence-corrected chi connectivity index (χ1v) is 28.0. The molecule has 13 rings (SSSR count). The van der Waals surface area contributed by atoms with Crippen molar-refractivity contribution in [2.75, 3.05) is 9.80 Å². The van der Waals surface area contributed by atoms with Crippen LogP contribution in [0.4, 0.5) is 60.5 Å². The van der Waals surface area contributed by atoms with Crippen molar-refractivity contribution in [1.82, 2.24) is 0 Å². The van der Waals surface area contributed by atoms with E-state index in [0.29, 0.717) is 42.1 Å². The van der Waals surface area contributed by atoms with Crippen LogP contribution in [0.1, 0.15) is 79.6 Å². The van der Waals surface area contributed by atoms with Crippen LogP contribution in [0.3, 0.4) is 0 Å². The van der Waals surface area contributed by atoms with E-state index >= 15 is 26.3 Å². The van der Waals surface area contributed by atoms with Crippen molar-refractivity contribution < 1.29 is 26.3 Å². The second-order valence-corrected chi connectivity index (χ2v) is 22.3. The van der Waals surface area contributed by atoms with Crippen LogP contribution >= 0.6 is 0 Å². The van der Waals surface area contributed by atoms with Gasteiger partial charge in [0.1, 0.15) is 23.0 Å². The standard InChI is InChI=1S/C76H56F6N2/c1-7-49-21-25-51(26-22-49)75(65-37-45(3)17-19-47(65)5)63-15-11-9-13-59(63)61-35-33-57(43-67(61)75)83(73-69(79)39-53(77)40-70(73)80)55-29-31-56(32-30-55)84(74-71(81)41-54(78)42-72(74)82)58-34-36-62-60-14-10-12-16-64(60)76(68(62)44-58,52-27-23-50(8-2)24-28-52)66-38-46(4)18-20-48(66)6/h7-23,25-27,29-44H,1-2,24,28H2,3-6H3. The van der Waals surface area contributed by atoms with Crippen molar-refractivity contribution in [2.45, 2.75) is 51.4 Å². The number of rotatable bonds is 12. The summed E-state index contributed by atoms with van der Waals surface area (Å²) < 4.78 is 97.3. The van der Waals surface area contributed by atoms with Crippen LogP contribution < -0.4 is 9.80 Å². The van der Waals surface area contributed by atoms with Gasteiger partial charge in [-0.05, 0) is 173 Å². The third-order valence-corrected chi connectivity index (χ3v) is 17.4. The van der Waals surface area contributed by atoms with Gasteiger partial charge < -0.3 is 9.80 Å². The second kappa shape index (κ2) is 20.6. The fraction of sp³-hybridized carbons (Fsp3) is 0.105. The summed E-state index contributed by atoms with van der Waals surface area (Å²) in [6, 6.07) is 58.1. The summed E-state index contributed by atoms with van der Waals surface area (Å²) in [5.74, 6) is -6.81. The molecule has 2 nitrogen and oxygen atoms in total. The van der Waals surface area contributed by atoms with Crippen LogP contribution in [-0.2, 0) is 10.8 Å². The quantitative estimate of drug-likeness (QED) is 0.113. The van der Waals surface area contributed by atoms with Crippen molar-refractivity contribution in [3.8, 4) is 22.3 Å². The number of nitrogens with zero attached hydrogens (tertiary/aromatic N) is 2. The number of aryl methyl sites for hydroxylation is 4. The average molecular weight is 1110 g/mol. The Kier molecular flexibility index (Phi) is 13.2. The summed E-state index contributed by atoms with van der Waals surface area (Å²) in [4.78, 5) is 2.83. The fourth-order valence-corrected chi connectivity index (χ4v) is 13.7. The Hall–Kier alpha value is -9.66. The maximum atomic E-state index is 16.8. The van der Waals surface area contributed by atoms with Gasteiger partial charge in [-0.15, -0.1) is 0 Å². The van der Waals surface area contributed by atoms with E-state index in [9.17, 15) is 0 Å². The number of halogens is 6. The lowest BCUT2D eigenvalue weighted by Crippen LogP contribution is -2.31. The molecule has 3 aliphatic carbocycles. The molecule has 0 saturated carbocycles. The summed E-state index contributed by atoms with van der Waals surface area (Å²) in [7, 11) is 0. The Morgan fingerprint density at radius 3 is 1.26 bits per heavy atom. The molecule has 0 bridgehead atoms. The highest BCUT2D eigenvalue weighted by Crippen LogP contribution is 2.61. The fourth-order valence-electron chi connectivity index (χ4n) is 13.7. The van der Waals surface area contributed by atoms with Gasteiger partial charge in [0, 0.05) is 47.0 Å². The molecule has 84 heavy (non-hydrogen) atoms. The van der Waals surface area contributed by atoms with Gasteiger partial charge >= 0.3 is 0 Å². The van der Waals surface area contributed by atoms with Gasteiger partial charge in [0.15, 0.2) is 23.3 Å². The van der Waals surface area contributed by atoms with Crippen molar-refractivity contribution in [2.24, 2.45) is 0 Å². The van der Waals surface area contributed by atoms with E-state index in [1.807, 2.05) is 66.7 Å². The van der Waals surface area contributed by atoms with Gasteiger partial charge in [-0.2, -0.15) is 0 Å². The molecule has 2 atom stereocenters. The molecule has 0 radical (unpaired) electrons. The predicted molar refractivity (Wildman–Crippen MR) is 329 cm³/mol. The second-order valence-electron chi connectivity index (χ2n) is 22.3. The Morgan fingerprint density at radius 2 is 0.810 bits per heavy atom. The van der Waals surface area contributed by atoms with Gasteiger partial charge in [-0.3, -0.25) is 0 Å². The Bertz CT molecular complexity index is 4390. The molecule has 0 heterocycles. The molecule has 0 aromatic heterocycles. The van der Waals surface area contributed by atoms with Crippen molar-refractivity contribution in [1.29, 1.82) is 0 Å². The molecular formula is C76H56F6N2. The third-order valence-electron chi connectivity index (χ3n) is 17.4. The summed E-state index contributed by atoms with van der Waals surface area (Å²) in [5.41, 5.74) is 16.4. The number of allylic oxidation sites excluding steroid dienone is 5. The normalized spacial score (nSPS) is 16.5. The van der Waals surface area contributed by atoms with E-state index in [4.69, 9.17) is 0 Å². The Morgan fingerprint density at radius 1 is 0.381 bits per heavy atom. The number of hydrogen-bond acceptors (Lipinski definition) is 2. The van der Waals surface area contributed by atoms with Crippen LogP contribution in [0.25, 0.3) is 28.3 Å². The lowest BCUT2D eigenvalue weighted by molar-refractivity contribution is 0.544. The lowest BCUT2D eigenvalue weighted by Gasteiger charge is -2.39. The smallest absolute Gasteiger partial charge is 0.153 e. The minimum atomic E-state index is -1.16. The highest BCUT2D eigenvalue weighted by molar-refractivity contribution is 5.93. The first-order chi connectivity index (χ1) is 40.6. The number of hydrogen-bond donors (Lipinski definition) is 0. The summed E-state index contributed by atoms with van der Waals surface area (Å²) in [5, 5.41) is 0. The number of anilines is 6. The first kappa shape index (κ1) is 53.6. The van der Waals surface area contributed by atoms with Crippen LogP contribution in [0.15, 0.2) is 237 Å². The summed E-state index contributed by atoms with van der Waals surface area (Å²) in [6.45, 7) is 16.4. The molecule has 0 fully saturated rings. The molecule has 0 saturated heterocycles. The van der Waals surface area contributed by atoms with Crippen molar-refractivity contribution in [3.63, 3.8) is 0 Å². The van der Waals surface area contributed by atoms with Crippen molar-refractivity contribution in [3.05, 3.63) is 338 Å². The highest BCUT2D eigenvalue weighted by atomic mass is 19.2. The number of benzene rings is 10. The average Bonchev–Trinajstić information content (AvgIpc) is 2.01. The molecule has 8 heteroatoms. The van der Waals surface area contributed by atoms with E-state index in [1.165, 1.54) is 9.80 Å². The molecule has 0 aliphatic heterocycles. The van der Waals surface area contributed by atoms with E-state index in [1.54, 1.807) is 42.5 Å². The molecule has 412 valence electrons. The van der Waals surface area contributed by atoms with Gasteiger partial charge in [-0.1, -0.05) is 175 Å². The molecule has 0 N–H and O–H groups in total. The van der Waals surface area contributed by atoms with Gasteiger partial charge in [-0.25, -0.2) is 26.3 Å². The molecule has 0 spiro atoms.